The number of aromatic nitrogens is 2. The number of para-hydroxylation sites is 1. The molecule has 1 aromatic carbocycles. The second-order valence-electron chi connectivity index (χ2n) is 5.93. The molecule has 0 aliphatic heterocycles. The van der Waals surface area contributed by atoms with Crippen LogP contribution in [0, 0.1) is 10.2 Å². The van der Waals surface area contributed by atoms with Gasteiger partial charge in [-0.15, -0.1) is 0 Å². The molecule has 0 saturated heterocycles. The van der Waals surface area contributed by atoms with Gasteiger partial charge in [-0.1, -0.05) is 25.8 Å². The zero-order valence-corrected chi connectivity index (χ0v) is 13.1. The first-order valence-corrected chi connectivity index (χ1v) is 7.85. The highest BCUT2D eigenvalue weighted by Crippen LogP contribution is 2.43. The van der Waals surface area contributed by atoms with Crippen LogP contribution in [-0.4, -0.2) is 16.7 Å². The maximum atomic E-state index is 5.54. The Labute approximate surface area is 125 Å². The van der Waals surface area contributed by atoms with E-state index in [-0.39, 0.29) is 0 Å². The number of rotatable bonds is 4. The van der Waals surface area contributed by atoms with Gasteiger partial charge in [0.1, 0.15) is 11.3 Å². The maximum absolute atomic E-state index is 5.54. The van der Waals surface area contributed by atoms with Crippen LogP contribution in [0.2, 0.25) is 0 Å². The van der Waals surface area contributed by atoms with Crippen molar-refractivity contribution in [2.45, 2.75) is 45.6 Å². The van der Waals surface area contributed by atoms with E-state index in [2.05, 4.69) is 22.5 Å². The van der Waals surface area contributed by atoms with Crippen LogP contribution < -0.4 is 4.74 Å². The van der Waals surface area contributed by atoms with E-state index in [1.807, 2.05) is 12.1 Å². The molecule has 1 saturated carbocycles. The lowest BCUT2D eigenvalue weighted by Crippen LogP contribution is -2.22. The molecule has 108 valence electrons. The van der Waals surface area contributed by atoms with Gasteiger partial charge >= 0.3 is 0 Å². The summed E-state index contributed by atoms with van der Waals surface area (Å²) >= 11 is 5.54. The number of ether oxygens (including phenoxy) is 1. The second-order valence-corrected chi connectivity index (χ2v) is 6.32. The molecule has 0 spiro atoms. The Balaban J connectivity index is 2.08. The Bertz CT molecular complexity index is 665. The summed E-state index contributed by atoms with van der Waals surface area (Å²) in [5.74, 6) is 0.865. The molecule has 0 unspecified atom stereocenters. The normalized spacial score (nSPS) is 17.7. The largest absolute Gasteiger partial charge is 0.494 e. The lowest BCUT2D eigenvalue weighted by Gasteiger charge is -2.28. The molecule has 1 aliphatic carbocycles. The van der Waals surface area contributed by atoms with Gasteiger partial charge in [0.15, 0.2) is 4.77 Å². The van der Waals surface area contributed by atoms with Crippen molar-refractivity contribution < 1.29 is 4.74 Å². The summed E-state index contributed by atoms with van der Waals surface area (Å²) in [5, 5.41) is 0. The van der Waals surface area contributed by atoms with Crippen molar-refractivity contribution in [1.82, 2.24) is 9.55 Å². The van der Waals surface area contributed by atoms with Crippen LogP contribution in [0.4, 0.5) is 0 Å². The predicted molar refractivity (Wildman–Crippen MR) is 84.9 cm³/mol. The Kier molecular flexibility index (Phi) is 3.59. The molecule has 1 aliphatic rings. The molecule has 3 nitrogen and oxygen atoms in total. The summed E-state index contributed by atoms with van der Waals surface area (Å²) in [6.45, 7) is 3.33. The van der Waals surface area contributed by atoms with Crippen LogP contribution in [0.15, 0.2) is 18.2 Å². The van der Waals surface area contributed by atoms with Gasteiger partial charge in [-0.25, -0.2) is 0 Å². The van der Waals surface area contributed by atoms with Crippen LogP contribution in [0.3, 0.4) is 0 Å². The minimum atomic E-state index is 0.427. The molecule has 4 heteroatoms. The molecular formula is C16H22N2OS. The SMILES string of the molecule is CCC1(Cn2c(=S)[nH]c3c(OC)cccc32)CCCC1. The molecule has 0 bridgehead atoms. The molecule has 1 fully saturated rings. The minimum absolute atomic E-state index is 0.427. The fraction of sp³-hybridized carbons (Fsp3) is 0.562. The second kappa shape index (κ2) is 5.24. The highest BCUT2D eigenvalue weighted by atomic mass is 32.1. The Morgan fingerprint density at radius 2 is 2.10 bits per heavy atom. The molecule has 0 atom stereocenters. The number of aromatic amines is 1. The number of nitrogens with zero attached hydrogens (tertiary/aromatic N) is 1. The van der Waals surface area contributed by atoms with Crippen LogP contribution in [-0.2, 0) is 6.54 Å². The molecule has 20 heavy (non-hydrogen) atoms. The van der Waals surface area contributed by atoms with E-state index in [1.54, 1.807) is 7.11 Å². The van der Waals surface area contributed by atoms with Crippen LogP contribution in [0.5, 0.6) is 5.75 Å². The zero-order chi connectivity index (χ0) is 14.2. The van der Waals surface area contributed by atoms with Gasteiger partial charge in [0, 0.05) is 6.54 Å². The van der Waals surface area contributed by atoms with Crippen molar-refractivity contribution in [2.75, 3.05) is 7.11 Å². The van der Waals surface area contributed by atoms with Gasteiger partial charge < -0.3 is 14.3 Å². The Morgan fingerprint density at radius 3 is 2.75 bits per heavy atom. The van der Waals surface area contributed by atoms with E-state index < -0.39 is 0 Å². The van der Waals surface area contributed by atoms with E-state index in [4.69, 9.17) is 17.0 Å². The summed E-state index contributed by atoms with van der Waals surface area (Å²) < 4.78 is 8.50. The Morgan fingerprint density at radius 1 is 1.35 bits per heavy atom. The number of benzene rings is 1. The van der Waals surface area contributed by atoms with Crippen molar-refractivity contribution in [2.24, 2.45) is 5.41 Å². The molecule has 0 amide bonds. The van der Waals surface area contributed by atoms with E-state index in [1.165, 1.54) is 32.1 Å². The van der Waals surface area contributed by atoms with Gasteiger partial charge in [0.05, 0.1) is 12.6 Å². The fourth-order valence-electron chi connectivity index (χ4n) is 3.56. The van der Waals surface area contributed by atoms with Crippen LogP contribution >= 0.6 is 12.2 Å². The first-order valence-electron chi connectivity index (χ1n) is 7.45. The van der Waals surface area contributed by atoms with E-state index in [9.17, 15) is 0 Å². The fourth-order valence-corrected chi connectivity index (χ4v) is 3.83. The number of hydrogen-bond donors (Lipinski definition) is 1. The maximum Gasteiger partial charge on any atom is 0.178 e. The third-order valence-corrected chi connectivity index (χ3v) is 5.22. The molecule has 1 N–H and O–H groups in total. The average molecular weight is 290 g/mol. The number of H-pyrrole nitrogens is 1. The lowest BCUT2D eigenvalue weighted by atomic mass is 9.83. The monoisotopic (exact) mass is 290 g/mol. The summed E-state index contributed by atoms with van der Waals surface area (Å²) in [5.41, 5.74) is 2.61. The molecule has 2 aromatic rings. The number of nitrogens with one attached hydrogen (secondary N) is 1. The van der Waals surface area contributed by atoms with Gasteiger partial charge in [0.25, 0.3) is 0 Å². The third kappa shape index (κ3) is 2.16. The predicted octanol–water partition coefficient (Wildman–Crippen LogP) is 4.68. The van der Waals surface area contributed by atoms with E-state index in [0.29, 0.717) is 5.41 Å². The smallest absolute Gasteiger partial charge is 0.178 e. The van der Waals surface area contributed by atoms with Crippen LogP contribution in [0.1, 0.15) is 39.0 Å². The van der Waals surface area contributed by atoms with Gasteiger partial charge in [0.2, 0.25) is 0 Å². The number of imidazole rings is 1. The van der Waals surface area contributed by atoms with E-state index >= 15 is 0 Å². The third-order valence-electron chi connectivity index (χ3n) is 4.90. The van der Waals surface area contributed by atoms with Gasteiger partial charge in [-0.2, -0.15) is 0 Å². The van der Waals surface area contributed by atoms with Crippen molar-refractivity contribution >= 4 is 23.3 Å². The topological polar surface area (TPSA) is 29.9 Å². The van der Waals surface area contributed by atoms with Gasteiger partial charge in [-0.3, -0.25) is 0 Å². The molecule has 3 rings (SSSR count). The zero-order valence-electron chi connectivity index (χ0n) is 12.2. The molecular weight excluding hydrogens is 268 g/mol. The van der Waals surface area contributed by atoms with E-state index in [0.717, 1.165) is 28.1 Å². The standard InChI is InChI=1S/C16H22N2OS/c1-3-16(9-4-5-10-16)11-18-12-7-6-8-13(19-2)14(12)17-15(18)20/h6-8H,3-5,9-11H2,1-2H3,(H,17,20). The minimum Gasteiger partial charge on any atom is -0.494 e. The first kappa shape index (κ1) is 13.7. The van der Waals surface area contributed by atoms with Crippen molar-refractivity contribution in [3.05, 3.63) is 23.0 Å². The summed E-state index contributed by atoms with van der Waals surface area (Å²) in [7, 11) is 1.70. The van der Waals surface area contributed by atoms with Crippen molar-refractivity contribution in [3.63, 3.8) is 0 Å². The number of fused-ring (bicyclic) bond motifs is 1. The first-order chi connectivity index (χ1) is 9.69. The molecule has 0 radical (unpaired) electrons. The average Bonchev–Trinajstić information content (AvgIpc) is 3.05. The van der Waals surface area contributed by atoms with Crippen molar-refractivity contribution in [3.8, 4) is 5.75 Å². The summed E-state index contributed by atoms with van der Waals surface area (Å²) in [4.78, 5) is 3.31. The lowest BCUT2D eigenvalue weighted by molar-refractivity contribution is 0.239. The van der Waals surface area contributed by atoms with Crippen molar-refractivity contribution in [1.29, 1.82) is 0 Å². The van der Waals surface area contributed by atoms with Crippen LogP contribution in [0.25, 0.3) is 11.0 Å². The molecule has 1 aromatic heterocycles. The number of methoxy groups -OCH3 is 1. The molecule has 1 heterocycles. The highest BCUT2D eigenvalue weighted by Gasteiger charge is 2.33. The summed E-state index contributed by atoms with van der Waals surface area (Å²) in [6, 6.07) is 6.14. The highest BCUT2D eigenvalue weighted by molar-refractivity contribution is 7.71. The van der Waals surface area contributed by atoms with Gasteiger partial charge in [-0.05, 0) is 49.0 Å². The number of hydrogen-bond acceptors (Lipinski definition) is 2. The Hall–Kier alpha value is -1.29. The summed E-state index contributed by atoms with van der Waals surface area (Å²) in [6.07, 6.45) is 6.58. The quantitative estimate of drug-likeness (QED) is 0.829.